The second-order valence-corrected chi connectivity index (χ2v) is 7.37. The van der Waals surface area contributed by atoms with E-state index in [2.05, 4.69) is 41.9 Å². The second-order valence-electron chi connectivity index (χ2n) is 6.52. The fourth-order valence-electron chi connectivity index (χ4n) is 2.35. The molecule has 25 heavy (non-hydrogen) atoms. The van der Waals surface area contributed by atoms with E-state index in [9.17, 15) is 4.79 Å². The summed E-state index contributed by atoms with van der Waals surface area (Å²) in [6, 6.07) is 11.8. The van der Waals surface area contributed by atoms with Crippen LogP contribution in [0.25, 0.3) is 0 Å². The van der Waals surface area contributed by atoms with Gasteiger partial charge >= 0.3 is 5.97 Å². The van der Waals surface area contributed by atoms with E-state index in [1.165, 1.54) is 11.1 Å². The van der Waals surface area contributed by atoms with E-state index in [0.29, 0.717) is 31.1 Å². The maximum Gasteiger partial charge on any atom is 0.311 e. The van der Waals surface area contributed by atoms with Gasteiger partial charge in [-0.05, 0) is 83.1 Å². The number of aryl methyl sites for hydroxylation is 2. The van der Waals surface area contributed by atoms with Gasteiger partial charge < -0.3 is 9.47 Å². The standard InChI is InChI=1S/C21H25BrO3/c1-14(2)17-8-10-20(19(22)13-17)24-11-5-6-21(23)25-18-9-7-15(3)16(4)12-18/h7-10,12-14H,5-6,11H2,1-4H3. The number of halogens is 1. The van der Waals surface area contributed by atoms with E-state index >= 15 is 0 Å². The Balaban J connectivity index is 1.77. The van der Waals surface area contributed by atoms with Crippen molar-refractivity contribution in [1.29, 1.82) is 0 Å². The molecule has 0 unspecified atom stereocenters. The van der Waals surface area contributed by atoms with E-state index in [1.54, 1.807) is 0 Å². The Morgan fingerprint density at radius 2 is 1.84 bits per heavy atom. The third kappa shape index (κ3) is 5.89. The first kappa shape index (κ1) is 19.5. The van der Waals surface area contributed by atoms with E-state index in [1.807, 2.05) is 38.1 Å². The molecule has 0 heterocycles. The first-order valence-electron chi connectivity index (χ1n) is 8.57. The molecule has 2 aromatic rings. The minimum atomic E-state index is -0.235. The summed E-state index contributed by atoms with van der Waals surface area (Å²) >= 11 is 3.54. The summed E-state index contributed by atoms with van der Waals surface area (Å²) in [4.78, 5) is 11.9. The lowest BCUT2D eigenvalue weighted by Crippen LogP contribution is -2.10. The highest BCUT2D eigenvalue weighted by molar-refractivity contribution is 9.10. The average molecular weight is 405 g/mol. The Bertz CT molecular complexity index is 738. The molecule has 0 saturated heterocycles. The van der Waals surface area contributed by atoms with Crippen LogP contribution in [-0.4, -0.2) is 12.6 Å². The van der Waals surface area contributed by atoms with Crippen molar-refractivity contribution < 1.29 is 14.3 Å². The van der Waals surface area contributed by atoms with Crippen LogP contribution in [0, 0.1) is 13.8 Å². The Morgan fingerprint density at radius 3 is 2.48 bits per heavy atom. The van der Waals surface area contributed by atoms with Gasteiger partial charge in [-0.1, -0.05) is 26.0 Å². The molecule has 0 aliphatic carbocycles. The molecule has 0 aromatic heterocycles. The minimum absolute atomic E-state index is 0.235. The van der Waals surface area contributed by atoms with Gasteiger partial charge in [-0.2, -0.15) is 0 Å². The zero-order valence-corrected chi connectivity index (χ0v) is 16.9. The number of hydrogen-bond donors (Lipinski definition) is 0. The molecule has 0 saturated carbocycles. The summed E-state index contributed by atoms with van der Waals surface area (Å²) in [5.41, 5.74) is 3.56. The monoisotopic (exact) mass is 404 g/mol. The topological polar surface area (TPSA) is 35.5 Å². The highest BCUT2D eigenvalue weighted by atomic mass is 79.9. The van der Waals surface area contributed by atoms with Gasteiger partial charge in [-0.15, -0.1) is 0 Å². The molecule has 4 heteroatoms. The molecular weight excluding hydrogens is 380 g/mol. The van der Waals surface area contributed by atoms with Crippen molar-refractivity contribution in [3.8, 4) is 11.5 Å². The Labute approximate surface area is 158 Å². The van der Waals surface area contributed by atoms with Crippen LogP contribution in [0.5, 0.6) is 11.5 Å². The van der Waals surface area contributed by atoms with E-state index in [4.69, 9.17) is 9.47 Å². The largest absolute Gasteiger partial charge is 0.492 e. The lowest BCUT2D eigenvalue weighted by atomic mass is 10.0. The predicted octanol–water partition coefficient (Wildman–Crippen LogP) is 5.95. The number of rotatable bonds is 7. The molecule has 0 bridgehead atoms. The lowest BCUT2D eigenvalue weighted by Gasteiger charge is -2.11. The van der Waals surface area contributed by atoms with Crippen LogP contribution < -0.4 is 9.47 Å². The maximum atomic E-state index is 11.9. The van der Waals surface area contributed by atoms with Crippen LogP contribution in [0.4, 0.5) is 0 Å². The third-order valence-electron chi connectivity index (χ3n) is 4.12. The highest BCUT2D eigenvalue weighted by Gasteiger charge is 2.08. The molecule has 3 nitrogen and oxygen atoms in total. The normalized spacial score (nSPS) is 10.8. The lowest BCUT2D eigenvalue weighted by molar-refractivity contribution is -0.134. The molecule has 0 atom stereocenters. The SMILES string of the molecule is Cc1ccc(OC(=O)CCCOc2ccc(C(C)C)cc2Br)cc1C. The summed E-state index contributed by atoms with van der Waals surface area (Å²) in [7, 11) is 0. The number of esters is 1. The molecule has 0 fully saturated rings. The Kier molecular flexibility index (Phi) is 7.06. The van der Waals surface area contributed by atoms with Crippen LogP contribution in [0.3, 0.4) is 0 Å². The summed E-state index contributed by atoms with van der Waals surface area (Å²) in [5, 5.41) is 0. The fraction of sp³-hybridized carbons (Fsp3) is 0.381. The van der Waals surface area contributed by atoms with Crippen LogP contribution >= 0.6 is 15.9 Å². The van der Waals surface area contributed by atoms with Crippen LogP contribution in [0.15, 0.2) is 40.9 Å². The zero-order valence-electron chi connectivity index (χ0n) is 15.3. The molecule has 2 rings (SSSR count). The summed E-state index contributed by atoms with van der Waals surface area (Å²) in [6.07, 6.45) is 0.941. The smallest absolute Gasteiger partial charge is 0.311 e. The Hall–Kier alpha value is -1.81. The quantitative estimate of drug-likeness (QED) is 0.324. The minimum Gasteiger partial charge on any atom is -0.492 e. The van der Waals surface area contributed by atoms with Gasteiger partial charge in [0.15, 0.2) is 0 Å². The van der Waals surface area contributed by atoms with E-state index in [0.717, 1.165) is 15.8 Å². The molecule has 0 spiro atoms. The second kappa shape index (κ2) is 9.04. The first-order chi connectivity index (χ1) is 11.9. The number of benzene rings is 2. The summed E-state index contributed by atoms with van der Waals surface area (Å²) in [6.45, 7) is 8.82. The fourth-order valence-corrected chi connectivity index (χ4v) is 2.86. The van der Waals surface area contributed by atoms with Crippen LogP contribution in [0.2, 0.25) is 0 Å². The van der Waals surface area contributed by atoms with Gasteiger partial charge in [0.05, 0.1) is 11.1 Å². The maximum absolute atomic E-state index is 11.9. The van der Waals surface area contributed by atoms with Crippen molar-refractivity contribution in [1.82, 2.24) is 0 Å². The van der Waals surface area contributed by atoms with Gasteiger partial charge in [0.25, 0.3) is 0 Å². The Morgan fingerprint density at radius 1 is 1.08 bits per heavy atom. The molecule has 0 radical (unpaired) electrons. The van der Waals surface area contributed by atoms with Gasteiger partial charge in [0, 0.05) is 6.42 Å². The number of carbonyl (C=O) groups is 1. The van der Waals surface area contributed by atoms with Crippen molar-refractivity contribution in [2.24, 2.45) is 0 Å². The third-order valence-corrected chi connectivity index (χ3v) is 4.74. The molecule has 0 aliphatic rings. The first-order valence-corrected chi connectivity index (χ1v) is 9.36. The van der Waals surface area contributed by atoms with Gasteiger partial charge in [-0.25, -0.2) is 0 Å². The molecule has 134 valence electrons. The highest BCUT2D eigenvalue weighted by Crippen LogP contribution is 2.29. The van der Waals surface area contributed by atoms with Crippen molar-refractivity contribution in [3.05, 3.63) is 57.6 Å². The number of ether oxygens (including phenoxy) is 2. The zero-order chi connectivity index (χ0) is 18.4. The van der Waals surface area contributed by atoms with Crippen molar-refractivity contribution in [2.75, 3.05) is 6.61 Å². The molecule has 2 aromatic carbocycles. The van der Waals surface area contributed by atoms with Crippen LogP contribution in [-0.2, 0) is 4.79 Å². The number of carbonyl (C=O) groups excluding carboxylic acids is 1. The van der Waals surface area contributed by atoms with Crippen LogP contribution in [0.1, 0.15) is 49.3 Å². The predicted molar refractivity (Wildman–Crippen MR) is 105 cm³/mol. The molecule has 0 amide bonds. The van der Waals surface area contributed by atoms with Gasteiger partial charge in [0.2, 0.25) is 0 Å². The average Bonchev–Trinajstić information content (AvgIpc) is 2.56. The van der Waals surface area contributed by atoms with Gasteiger partial charge in [-0.3, -0.25) is 4.79 Å². The molecular formula is C21H25BrO3. The molecule has 0 aliphatic heterocycles. The summed E-state index contributed by atoms with van der Waals surface area (Å²) < 4.78 is 12.1. The van der Waals surface area contributed by atoms with Crippen molar-refractivity contribution in [2.45, 2.75) is 46.5 Å². The van der Waals surface area contributed by atoms with E-state index in [-0.39, 0.29) is 5.97 Å². The van der Waals surface area contributed by atoms with E-state index < -0.39 is 0 Å². The molecule has 0 N–H and O–H groups in total. The van der Waals surface area contributed by atoms with Crippen molar-refractivity contribution in [3.63, 3.8) is 0 Å². The number of hydrogen-bond acceptors (Lipinski definition) is 3. The van der Waals surface area contributed by atoms with Crippen molar-refractivity contribution >= 4 is 21.9 Å². The van der Waals surface area contributed by atoms with Gasteiger partial charge in [0.1, 0.15) is 11.5 Å². The summed E-state index contributed by atoms with van der Waals surface area (Å²) in [5.74, 6) is 1.64.